The third-order valence-electron chi connectivity index (χ3n) is 4.31. The molecule has 0 radical (unpaired) electrons. The van der Waals surface area contributed by atoms with Gasteiger partial charge in [-0.2, -0.15) is 4.31 Å². The van der Waals surface area contributed by atoms with E-state index in [4.69, 9.17) is 0 Å². The molecule has 0 bridgehead atoms. The third kappa shape index (κ3) is 2.86. The predicted octanol–water partition coefficient (Wildman–Crippen LogP) is 1.69. The highest BCUT2D eigenvalue weighted by molar-refractivity contribution is 7.91. The lowest BCUT2D eigenvalue weighted by Crippen LogP contribution is -2.52. The minimum absolute atomic E-state index is 0.188. The van der Waals surface area contributed by atoms with Crippen LogP contribution in [0.25, 0.3) is 0 Å². The lowest BCUT2D eigenvalue weighted by atomic mass is 9.84. The first kappa shape index (κ1) is 15.0. The highest BCUT2D eigenvalue weighted by Gasteiger charge is 2.34. The van der Waals surface area contributed by atoms with Crippen LogP contribution in [0.4, 0.5) is 0 Å². The summed E-state index contributed by atoms with van der Waals surface area (Å²) >= 11 is 1.30. The van der Waals surface area contributed by atoms with E-state index >= 15 is 0 Å². The number of carbonyl (C=O) groups is 1. The van der Waals surface area contributed by atoms with E-state index in [0.717, 1.165) is 24.1 Å². The van der Waals surface area contributed by atoms with Gasteiger partial charge in [0.05, 0.1) is 0 Å². The highest BCUT2D eigenvalue weighted by Crippen LogP contribution is 2.29. The molecule has 2 fully saturated rings. The van der Waals surface area contributed by atoms with E-state index in [2.05, 4.69) is 0 Å². The first-order valence-electron chi connectivity index (χ1n) is 7.34. The van der Waals surface area contributed by atoms with Crippen molar-refractivity contribution < 1.29 is 13.2 Å². The Balaban J connectivity index is 1.64. The second-order valence-corrected chi connectivity index (χ2v) is 9.17. The standard InChI is InChI=1S/C14H20N2O3S2/c1-11-5-6-13(20-11)21(18,19)16-9-7-15(8-10-16)14(17)12-3-2-4-12/h5-6,12H,2-4,7-10H2,1H3. The Morgan fingerprint density at radius 3 is 2.33 bits per heavy atom. The smallest absolute Gasteiger partial charge is 0.252 e. The summed E-state index contributed by atoms with van der Waals surface area (Å²) in [6.45, 7) is 3.73. The Kier molecular flexibility index (Phi) is 4.07. The van der Waals surface area contributed by atoms with Gasteiger partial charge >= 0.3 is 0 Å². The molecule has 0 spiro atoms. The minimum Gasteiger partial charge on any atom is -0.340 e. The van der Waals surface area contributed by atoms with Crippen LogP contribution in [0.5, 0.6) is 0 Å². The maximum absolute atomic E-state index is 12.5. The fourth-order valence-corrected chi connectivity index (χ4v) is 5.60. The van der Waals surface area contributed by atoms with Crippen molar-refractivity contribution in [3.05, 3.63) is 17.0 Å². The quantitative estimate of drug-likeness (QED) is 0.848. The molecule has 1 amide bonds. The zero-order valence-electron chi connectivity index (χ0n) is 12.1. The number of rotatable bonds is 3. The fraction of sp³-hybridized carbons (Fsp3) is 0.643. The number of sulfonamides is 1. The summed E-state index contributed by atoms with van der Waals surface area (Å²) in [4.78, 5) is 15.0. The second kappa shape index (κ2) is 5.70. The molecule has 7 heteroatoms. The normalized spacial score (nSPS) is 21.3. The number of piperazine rings is 1. The lowest BCUT2D eigenvalue weighted by Gasteiger charge is -2.37. The number of amides is 1. The molecular weight excluding hydrogens is 308 g/mol. The minimum atomic E-state index is -3.39. The lowest BCUT2D eigenvalue weighted by molar-refractivity contribution is -0.139. The average molecular weight is 328 g/mol. The van der Waals surface area contributed by atoms with E-state index in [1.54, 1.807) is 6.07 Å². The number of aryl methyl sites for hydroxylation is 1. The molecule has 5 nitrogen and oxygen atoms in total. The molecule has 2 heterocycles. The molecule has 1 saturated heterocycles. The summed E-state index contributed by atoms with van der Waals surface area (Å²) < 4.78 is 26.9. The Morgan fingerprint density at radius 2 is 1.86 bits per heavy atom. The van der Waals surface area contributed by atoms with E-state index in [9.17, 15) is 13.2 Å². The zero-order valence-corrected chi connectivity index (χ0v) is 13.8. The van der Waals surface area contributed by atoms with Crippen LogP contribution in [0.1, 0.15) is 24.1 Å². The molecule has 0 N–H and O–H groups in total. The van der Waals surface area contributed by atoms with E-state index < -0.39 is 10.0 Å². The summed E-state index contributed by atoms with van der Waals surface area (Å²) in [5.74, 6) is 0.401. The molecule has 2 aliphatic rings. The number of nitrogens with zero attached hydrogens (tertiary/aromatic N) is 2. The monoisotopic (exact) mass is 328 g/mol. The average Bonchev–Trinajstić information content (AvgIpc) is 2.84. The van der Waals surface area contributed by atoms with Gasteiger partial charge in [0.15, 0.2) is 0 Å². The van der Waals surface area contributed by atoms with Crippen LogP contribution in [-0.2, 0) is 14.8 Å². The summed E-state index contributed by atoms with van der Waals surface area (Å²) in [6, 6.07) is 3.50. The van der Waals surface area contributed by atoms with Crippen molar-refractivity contribution in [2.24, 2.45) is 5.92 Å². The molecule has 1 aromatic rings. The maximum atomic E-state index is 12.5. The van der Waals surface area contributed by atoms with Gasteiger partial charge in [0, 0.05) is 37.0 Å². The van der Waals surface area contributed by atoms with E-state index in [1.807, 2.05) is 17.9 Å². The first-order chi connectivity index (χ1) is 9.98. The van der Waals surface area contributed by atoms with Gasteiger partial charge in [-0.25, -0.2) is 8.42 Å². The zero-order chi connectivity index (χ0) is 15.0. The van der Waals surface area contributed by atoms with Gasteiger partial charge in [0.2, 0.25) is 5.91 Å². The van der Waals surface area contributed by atoms with Crippen molar-refractivity contribution in [1.82, 2.24) is 9.21 Å². The molecule has 0 atom stereocenters. The molecule has 0 aromatic carbocycles. The molecule has 116 valence electrons. The fourth-order valence-electron chi connectivity index (χ4n) is 2.74. The maximum Gasteiger partial charge on any atom is 0.252 e. The van der Waals surface area contributed by atoms with Gasteiger partial charge in [-0.05, 0) is 31.9 Å². The topological polar surface area (TPSA) is 57.7 Å². The van der Waals surface area contributed by atoms with Crippen LogP contribution in [0.2, 0.25) is 0 Å². The largest absolute Gasteiger partial charge is 0.340 e. The Labute approximate surface area is 129 Å². The SMILES string of the molecule is Cc1ccc(S(=O)(=O)N2CCN(C(=O)C3CCC3)CC2)s1. The van der Waals surface area contributed by atoms with Crippen LogP contribution in [0.15, 0.2) is 16.3 Å². The van der Waals surface area contributed by atoms with Crippen molar-refractivity contribution in [3.63, 3.8) is 0 Å². The van der Waals surface area contributed by atoms with Crippen LogP contribution < -0.4 is 0 Å². The molecule has 21 heavy (non-hydrogen) atoms. The van der Waals surface area contributed by atoms with Crippen LogP contribution in [-0.4, -0.2) is 49.7 Å². The number of hydrogen-bond acceptors (Lipinski definition) is 4. The molecule has 1 saturated carbocycles. The molecule has 1 aromatic heterocycles. The van der Waals surface area contributed by atoms with Gasteiger partial charge in [0.25, 0.3) is 10.0 Å². The second-order valence-electron chi connectivity index (χ2n) is 5.72. The molecule has 1 aliphatic heterocycles. The number of hydrogen-bond donors (Lipinski definition) is 0. The summed E-state index contributed by atoms with van der Waals surface area (Å²) in [5.41, 5.74) is 0. The van der Waals surface area contributed by atoms with Crippen molar-refractivity contribution in [1.29, 1.82) is 0 Å². The van der Waals surface area contributed by atoms with Gasteiger partial charge in [-0.3, -0.25) is 4.79 Å². The molecular formula is C14H20N2O3S2. The Morgan fingerprint density at radius 1 is 1.19 bits per heavy atom. The third-order valence-corrected chi connectivity index (χ3v) is 7.68. The Bertz CT molecular complexity index is 626. The van der Waals surface area contributed by atoms with Crippen molar-refractivity contribution in [2.75, 3.05) is 26.2 Å². The van der Waals surface area contributed by atoms with E-state index in [-0.39, 0.29) is 11.8 Å². The van der Waals surface area contributed by atoms with Crippen molar-refractivity contribution in [2.45, 2.75) is 30.4 Å². The number of thiophene rings is 1. The van der Waals surface area contributed by atoms with E-state index in [0.29, 0.717) is 30.4 Å². The Hall–Kier alpha value is -0.920. The first-order valence-corrected chi connectivity index (χ1v) is 9.59. The van der Waals surface area contributed by atoms with Gasteiger partial charge in [-0.1, -0.05) is 6.42 Å². The van der Waals surface area contributed by atoms with Gasteiger partial charge < -0.3 is 4.90 Å². The summed E-state index contributed by atoms with van der Waals surface area (Å²) in [7, 11) is -3.39. The predicted molar refractivity (Wildman–Crippen MR) is 81.7 cm³/mol. The molecule has 3 rings (SSSR count). The molecule has 0 unspecified atom stereocenters. The van der Waals surface area contributed by atoms with Crippen LogP contribution in [0.3, 0.4) is 0 Å². The van der Waals surface area contributed by atoms with Crippen molar-refractivity contribution >= 4 is 27.3 Å². The summed E-state index contributed by atoms with van der Waals surface area (Å²) in [5, 5.41) is 0. The van der Waals surface area contributed by atoms with Gasteiger partial charge in [0.1, 0.15) is 4.21 Å². The van der Waals surface area contributed by atoms with E-state index in [1.165, 1.54) is 15.6 Å². The summed E-state index contributed by atoms with van der Waals surface area (Å²) in [6.07, 6.45) is 3.13. The van der Waals surface area contributed by atoms with Crippen LogP contribution >= 0.6 is 11.3 Å². The van der Waals surface area contributed by atoms with Crippen molar-refractivity contribution in [3.8, 4) is 0 Å². The van der Waals surface area contributed by atoms with Crippen LogP contribution in [0, 0.1) is 12.8 Å². The molecule has 1 aliphatic carbocycles. The highest BCUT2D eigenvalue weighted by atomic mass is 32.2. The number of carbonyl (C=O) groups excluding carboxylic acids is 1. The van der Waals surface area contributed by atoms with Gasteiger partial charge in [-0.15, -0.1) is 11.3 Å².